The Morgan fingerprint density at radius 3 is 3.00 bits per heavy atom. The van der Waals surface area contributed by atoms with E-state index in [9.17, 15) is 4.79 Å². The molecular formula is C12H10ClN3O2. The van der Waals surface area contributed by atoms with Crippen LogP contribution in [0.1, 0.15) is 22.3 Å². The van der Waals surface area contributed by atoms with E-state index >= 15 is 0 Å². The van der Waals surface area contributed by atoms with Gasteiger partial charge in [0.1, 0.15) is 0 Å². The number of hydrogen-bond donors (Lipinski definition) is 0. The molecule has 1 aromatic carbocycles. The van der Waals surface area contributed by atoms with Crippen molar-refractivity contribution in [3.63, 3.8) is 0 Å². The molecule has 92 valence electrons. The number of azide groups is 1. The molecule has 0 bridgehead atoms. The molecule has 5 nitrogen and oxygen atoms in total. The number of carbonyl (C=O) groups excluding carboxylic acids is 1. The van der Waals surface area contributed by atoms with Crippen LogP contribution >= 0.6 is 11.6 Å². The number of ether oxygens (including phenoxy) is 1. The SMILES string of the molecule is COC(=O)c1ccc(C#CCCN=[N+]=[N-])cc1Cl. The highest BCUT2D eigenvalue weighted by molar-refractivity contribution is 6.33. The van der Waals surface area contributed by atoms with Gasteiger partial charge in [-0.1, -0.05) is 28.6 Å². The molecule has 0 aliphatic heterocycles. The van der Waals surface area contributed by atoms with Crippen LogP contribution in [0.15, 0.2) is 23.3 Å². The number of esters is 1. The average Bonchev–Trinajstić information content (AvgIpc) is 2.38. The van der Waals surface area contributed by atoms with Gasteiger partial charge < -0.3 is 4.74 Å². The molecule has 0 amide bonds. The van der Waals surface area contributed by atoms with E-state index in [0.717, 1.165) is 0 Å². The Morgan fingerprint density at radius 2 is 2.39 bits per heavy atom. The van der Waals surface area contributed by atoms with Crippen LogP contribution in [-0.2, 0) is 4.74 Å². The summed E-state index contributed by atoms with van der Waals surface area (Å²) in [4.78, 5) is 13.9. The summed E-state index contributed by atoms with van der Waals surface area (Å²) in [6, 6.07) is 4.83. The van der Waals surface area contributed by atoms with Crippen LogP contribution in [0.4, 0.5) is 0 Å². The van der Waals surface area contributed by atoms with E-state index in [0.29, 0.717) is 29.1 Å². The third-order valence-electron chi connectivity index (χ3n) is 2.01. The van der Waals surface area contributed by atoms with Gasteiger partial charge in [-0.05, 0) is 23.7 Å². The summed E-state index contributed by atoms with van der Waals surface area (Å²) in [5.74, 6) is 5.21. The number of halogens is 1. The fraction of sp³-hybridized carbons (Fsp3) is 0.250. The van der Waals surface area contributed by atoms with E-state index in [1.54, 1.807) is 18.2 Å². The summed E-state index contributed by atoms with van der Waals surface area (Å²) in [6.07, 6.45) is 0.473. The molecule has 0 fully saturated rings. The first-order valence-corrected chi connectivity index (χ1v) is 5.44. The lowest BCUT2D eigenvalue weighted by atomic mass is 10.1. The van der Waals surface area contributed by atoms with E-state index in [1.807, 2.05) is 0 Å². The molecule has 0 aliphatic carbocycles. The van der Waals surface area contributed by atoms with E-state index in [1.165, 1.54) is 7.11 Å². The molecule has 0 N–H and O–H groups in total. The van der Waals surface area contributed by atoms with Crippen molar-refractivity contribution in [1.29, 1.82) is 0 Å². The molecule has 0 unspecified atom stereocenters. The summed E-state index contributed by atoms with van der Waals surface area (Å²) >= 11 is 5.93. The fourth-order valence-corrected chi connectivity index (χ4v) is 1.44. The Balaban J connectivity index is 2.78. The summed E-state index contributed by atoms with van der Waals surface area (Å²) < 4.78 is 4.58. The number of nitrogens with zero attached hydrogens (tertiary/aromatic N) is 3. The average molecular weight is 264 g/mol. The second kappa shape index (κ2) is 7.23. The molecule has 0 aromatic heterocycles. The molecule has 0 saturated heterocycles. The molecule has 0 heterocycles. The maximum atomic E-state index is 11.3. The Hall–Kier alpha value is -2.15. The van der Waals surface area contributed by atoms with Gasteiger partial charge in [0, 0.05) is 23.4 Å². The highest BCUT2D eigenvalue weighted by Crippen LogP contribution is 2.18. The van der Waals surface area contributed by atoms with Crippen molar-refractivity contribution in [2.75, 3.05) is 13.7 Å². The monoisotopic (exact) mass is 263 g/mol. The molecular weight excluding hydrogens is 254 g/mol. The maximum absolute atomic E-state index is 11.3. The predicted molar refractivity (Wildman–Crippen MR) is 68.3 cm³/mol. The van der Waals surface area contributed by atoms with Crippen LogP contribution in [0, 0.1) is 11.8 Å². The first kappa shape index (κ1) is 13.9. The Bertz CT molecular complexity index is 554. The van der Waals surface area contributed by atoms with E-state index in [4.69, 9.17) is 17.1 Å². The summed E-state index contributed by atoms with van der Waals surface area (Å²) in [6.45, 7) is 0.331. The number of carbonyl (C=O) groups is 1. The quantitative estimate of drug-likeness (QED) is 0.210. The molecule has 0 radical (unpaired) electrons. The minimum atomic E-state index is -0.483. The van der Waals surface area contributed by atoms with Crippen molar-refractivity contribution in [3.8, 4) is 11.8 Å². The number of benzene rings is 1. The molecule has 0 spiro atoms. The normalized spacial score (nSPS) is 8.78. The van der Waals surface area contributed by atoms with Gasteiger partial charge in [-0.3, -0.25) is 0 Å². The van der Waals surface area contributed by atoms with Gasteiger partial charge in [0.2, 0.25) is 0 Å². The fourth-order valence-electron chi connectivity index (χ4n) is 1.18. The smallest absolute Gasteiger partial charge is 0.339 e. The molecule has 1 aromatic rings. The van der Waals surface area contributed by atoms with Crippen molar-refractivity contribution >= 4 is 17.6 Å². The van der Waals surface area contributed by atoms with Crippen LogP contribution in [0.3, 0.4) is 0 Å². The molecule has 0 atom stereocenters. The highest BCUT2D eigenvalue weighted by atomic mass is 35.5. The van der Waals surface area contributed by atoms with Crippen LogP contribution in [0.25, 0.3) is 10.4 Å². The van der Waals surface area contributed by atoms with Gasteiger partial charge in [0.15, 0.2) is 0 Å². The Kier molecular flexibility index (Phi) is 5.59. The van der Waals surface area contributed by atoms with Gasteiger partial charge in [-0.15, -0.1) is 0 Å². The summed E-state index contributed by atoms with van der Waals surface area (Å²) in [5, 5.41) is 3.65. The van der Waals surface area contributed by atoms with Crippen molar-refractivity contribution in [2.24, 2.45) is 5.11 Å². The van der Waals surface area contributed by atoms with Crippen molar-refractivity contribution in [3.05, 3.63) is 44.8 Å². The maximum Gasteiger partial charge on any atom is 0.339 e. The number of hydrogen-bond acceptors (Lipinski definition) is 3. The second-order valence-corrected chi connectivity index (χ2v) is 3.60. The van der Waals surface area contributed by atoms with Crippen LogP contribution in [0.2, 0.25) is 5.02 Å². The lowest BCUT2D eigenvalue weighted by Crippen LogP contribution is -2.01. The van der Waals surface area contributed by atoms with Crippen molar-refractivity contribution < 1.29 is 9.53 Å². The molecule has 6 heteroatoms. The van der Waals surface area contributed by atoms with Crippen LogP contribution in [0.5, 0.6) is 0 Å². The van der Waals surface area contributed by atoms with Gasteiger partial charge in [0.05, 0.1) is 17.7 Å². The van der Waals surface area contributed by atoms with Crippen molar-refractivity contribution in [1.82, 2.24) is 0 Å². The van der Waals surface area contributed by atoms with Gasteiger partial charge in [-0.25, -0.2) is 4.79 Å². The predicted octanol–water partition coefficient (Wildman–Crippen LogP) is 3.18. The summed E-state index contributed by atoms with van der Waals surface area (Å²) in [5.41, 5.74) is 9.07. The van der Waals surface area contributed by atoms with Crippen LogP contribution < -0.4 is 0 Å². The first-order chi connectivity index (χ1) is 8.69. The van der Waals surface area contributed by atoms with E-state index < -0.39 is 5.97 Å². The first-order valence-electron chi connectivity index (χ1n) is 5.06. The zero-order valence-corrected chi connectivity index (χ0v) is 10.4. The largest absolute Gasteiger partial charge is 0.465 e. The van der Waals surface area contributed by atoms with Crippen LogP contribution in [-0.4, -0.2) is 19.6 Å². The third-order valence-corrected chi connectivity index (χ3v) is 2.32. The standard InChI is InChI=1S/C12H10ClN3O2/c1-18-12(17)10-6-5-9(8-11(10)13)4-2-3-7-15-16-14/h5-6,8H,3,7H2,1H3. The number of rotatable bonds is 3. The molecule has 0 aliphatic rings. The van der Waals surface area contributed by atoms with Gasteiger partial charge in [0.25, 0.3) is 0 Å². The lowest BCUT2D eigenvalue weighted by Gasteiger charge is -2.01. The zero-order chi connectivity index (χ0) is 13.4. The topological polar surface area (TPSA) is 75.1 Å². The highest BCUT2D eigenvalue weighted by Gasteiger charge is 2.09. The lowest BCUT2D eigenvalue weighted by molar-refractivity contribution is 0.0601. The molecule has 1 rings (SSSR count). The van der Waals surface area contributed by atoms with Crippen molar-refractivity contribution in [2.45, 2.75) is 6.42 Å². The van der Waals surface area contributed by atoms with Gasteiger partial charge in [-0.2, -0.15) is 0 Å². The molecule has 18 heavy (non-hydrogen) atoms. The minimum absolute atomic E-state index is 0.295. The Labute approximate surface area is 109 Å². The van der Waals surface area contributed by atoms with Gasteiger partial charge >= 0.3 is 5.97 Å². The van der Waals surface area contributed by atoms with E-state index in [-0.39, 0.29) is 0 Å². The third kappa shape index (κ3) is 4.02. The number of methoxy groups -OCH3 is 1. The van der Waals surface area contributed by atoms with E-state index in [2.05, 4.69) is 26.6 Å². The second-order valence-electron chi connectivity index (χ2n) is 3.19. The summed E-state index contributed by atoms with van der Waals surface area (Å²) in [7, 11) is 1.29. The Morgan fingerprint density at radius 1 is 1.61 bits per heavy atom. The zero-order valence-electron chi connectivity index (χ0n) is 9.68. The molecule has 0 saturated carbocycles. The minimum Gasteiger partial charge on any atom is -0.465 e.